The maximum Gasteiger partial charge on any atom is 0.262 e. The number of hydrogen-bond acceptors (Lipinski definition) is 4. The van der Waals surface area contributed by atoms with Crippen LogP contribution in [0.1, 0.15) is 57.3 Å². The van der Waals surface area contributed by atoms with Crippen LogP contribution >= 0.6 is 0 Å². The first-order chi connectivity index (χ1) is 12.1. The van der Waals surface area contributed by atoms with Crippen molar-refractivity contribution >= 4 is 11.0 Å². The Morgan fingerprint density at radius 1 is 1.32 bits per heavy atom. The standard InChI is InChI=1S/C19H27N5O/c1-13(2)23-9-5-8-15(12-23)24-18-16(11-20-24)19(25)22-17(21-18)10-14-6-3-4-7-14/h11,14-15H,1,3-10,12H2,2H3,(H,21,22,25). The first-order valence-electron chi connectivity index (χ1n) is 9.48. The van der Waals surface area contributed by atoms with E-state index in [0.29, 0.717) is 11.3 Å². The molecule has 2 aromatic heterocycles. The molecule has 1 aliphatic carbocycles. The van der Waals surface area contributed by atoms with Crippen LogP contribution in [0.3, 0.4) is 0 Å². The van der Waals surface area contributed by atoms with E-state index in [1.807, 2.05) is 11.6 Å². The minimum absolute atomic E-state index is 0.0585. The zero-order valence-corrected chi connectivity index (χ0v) is 15.0. The normalized spacial score (nSPS) is 22.0. The van der Waals surface area contributed by atoms with E-state index in [-0.39, 0.29) is 11.6 Å². The fourth-order valence-corrected chi connectivity index (χ4v) is 4.33. The highest BCUT2D eigenvalue weighted by Crippen LogP contribution is 2.28. The lowest BCUT2D eigenvalue weighted by Gasteiger charge is -2.34. The molecule has 2 aliphatic rings. The second-order valence-corrected chi connectivity index (χ2v) is 7.67. The summed E-state index contributed by atoms with van der Waals surface area (Å²) in [6, 6.07) is 0.247. The summed E-state index contributed by atoms with van der Waals surface area (Å²) in [6.07, 6.45) is 9.80. The molecule has 25 heavy (non-hydrogen) atoms. The van der Waals surface area contributed by atoms with Gasteiger partial charge in [0.15, 0.2) is 5.65 Å². The molecule has 1 N–H and O–H groups in total. The second-order valence-electron chi connectivity index (χ2n) is 7.67. The van der Waals surface area contributed by atoms with E-state index in [1.54, 1.807) is 6.20 Å². The van der Waals surface area contributed by atoms with Crippen molar-refractivity contribution in [2.45, 2.75) is 57.9 Å². The van der Waals surface area contributed by atoms with Crippen LogP contribution in [-0.4, -0.2) is 37.7 Å². The van der Waals surface area contributed by atoms with Gasteiger partial charge in [-0.05, 0) is 25.7 Å². The fourth-order valence-electron chi connectivity index (χ4n) is 4.33. The third-order valence-corrected chi connectivity index (χ3v) is 5.75. The molecule has 6 heteroatoms. The number of allylic oxidation sites excluding steroid dienone is 1. The Morgan fingerprint density at radius 3 is 2.88 bits per heavy atom. The van der Waals surface area contributed by atoms with Gasteiger partial charge in [0.05, 0.1) is 12.2 Å². The number of likely N-dealkylation sites (tertiary alicyclic amines) is 1. The van der Waals surface area contributed by atoms with Crippen molar-refractivity contribution in [1.82, 2.24) is 24.6 Å². The van der Waals surface area contributed by atoms with Crippen LogP contribution in [0.25, 0.3) is 11.0 Å². The van der Waals surface area contributed by atoms with Crippen molar-refractivity contribution < 1.29 is 0 Å². The Morgan fingerprint density at radius 2 is 2.12 bits per heavy atom. The van der Waals surface area contributed by atoms with Crippen molar-refractivity contribution in [2.24, 2.45) is 5.92 Å². The lowest BCUT2D eigenvalue weighted by Crippen LogP contribution is -2.35. The number of fused-ring (bicyclic) bond motifs is 1. The highest BCUT2D eigenvalue weighted by molar-refractivity contribution is 5.73. The molecular weight excluding hydrogens is 314 g/mol. The summed E-state index contributed by atoms with van der Waals surface area (Å²) in [5.74, 6) is 1.48. The molecule has 134 valence electrons. The van der Waals surface area contributed by atoms with E-state index in [9.17, 15) is 4.79 Å². The summed E-state index contributed by atoms with van der Waals surface area (Å²) in [5.41, 5.74) is 1.77. The van der Waals surface area contributed by atoms with Gasteiger partial charge < -0.3 is 9.88 Å². The maximum atomic E-state index is 12.5. The van der Waals surface area contributed by atoms with Crippen molar-refractivity contribution in [3.63, 3.8) is 0 Å². The van der Waals surface area contributed by atoms with E-state index in [0.717, 1.165) is 49.5 Å². The van der Waals surface area contributed by atoms with Crippen LogP contribution in [0.5, 0.6) is 0 Å². The molecule has 2 fully saturated rings. The van der Waals surface area contributed by atoms with Gasteiger partial charge in [-0.15, -0.1) is 0 Å². The van der Waals surface area contributed by atoms with E-state index in [1.165, 1.54) is 25.7 Å². The van der Waals surface area contributed by atoms with Crippen LogP contribution in [-0.2, 0) is 6.42 Å². The first kappa shape index (κ1) is 16.4. The molecule has 0 amide bonds. The van der Waals surface area contributed by atoms with Crippen molar-refractivity contribution in [1.29, 1.82) is 0 Å². The van der Waals surface area contributed by atoms with Gasteiger partial charge in [0.25, 0.3) is 5.56 Å². The molecule has 0 spiro atoms. The number of rotatable bonds is 4. The summed E-state index contributed by atoms with van der Waals surface area (Å²) in [6.45, 7) is 8.05. The minimum Gasteiger partial charge on any atom is -0.373 e. The van der Waals surface area contributed by atoms with Gasteiger partial charge in [-0.25, -0.2) is 9.67 Å². The van der Waals surface area contributed by atoms with Crippen LogP contribution in [0.2, 0.25) is 0 Å². The van der Waals surface area contributed by atoms with Crippen molar-refractivity contribution in [3.8, 4) is 0 Å². The number of hydrogen-bond donors (Lipinski definition) is 1. The van der Waals surface area contributed by atoms with Crippen molar-refractivity contribution in [3.05, 3.63) is 34.7 Å². The predicted octanol–water partition coefficient (Wildman–Crippen LogP) is 3.02. The Balaban J connectivity index is 1.66. The Labute approximate surface area is 147 Å². The number of piperidine rings is 1. The van der Waals surface area contributed by atoms with Crippen LogP contribution in [0, 0.1) is 5.92 Å². The van der Waals surface area contributed by atoms with Gasteiger partial charge in [0.2, 0.25) is 0 Å². The minimum atomic E-state index is -0.0585. The molecule has 1 aliphatic heterocycles. The van der Waals surface area contributed by atoms with E-state index in [4.69, 9.17) is 4.98 Å². The van der Waals surface area contributed by atoms with Gasteiger partial charge in [0.1, 0.15) is 11.2 Å². The van der Waals surface area contributed by atoms with E-state index < -0.39 is 0 Å². The second kappa shape index (κ2) is 6.65. The fraction of sp³-hybridized carbons (Fsp3) is 0.632. The Kier molecular flexibility index (Phi) is 4.36. The average molecular weight is 341 g/mol. The SMILES string of the molecule is C=C(C)N1CCCC(n2ncc3c(=O)[nH]c(CC4CCCC4)nc32)C1. The number of nitrogens with one attached hydrogen (secondary N) is 1. The zero-order valence-electron chi connectivity index (χ0n) is 15.0. The van der Waals surface area contributed by atoms with Gasteiger partial charge >= 0.3 is 0 Å². The lowest BCUT2D eigenvalue weighted by atomic mass is 10.0. The van der Waals surface area contributed by atoms with Gasteiger partial charge in [-0.2, -0.15) is 5.10 Å². The van der Waals surface area contributed by atoms with Crippen LogP contribution in [0.15, 0.2) is 23.3 Å². The molecular formula is C19H27N5O. The molecule has 1 saturated carbocycles. The smallest absolute Gasteiger partial charge is 0.262 e. The summed E-state index contributed by atoms with van der Waals surface area (Å²) < 4.78 is 1.97. The summed E-state index contributed by atoms with van der Waals surface area (Å²) in [5, 5.41) is 5.12. The van der Waals surface area contributed by atoms with Crippen molar-refractivity contribution in [2.75, 3.05) is 13.1 Å². The molecule has 1 saturated heterocycles. The summed E-state index contributed by atoms with van der Waals surface area (Å²) >= 11 is 0. The predicted molar refractivity (Wildman–Crippen MR) is 98.5 cm³/mol. The number of aromatic nitrogens is 4. The lowest BCUT2D eigenvalue weighted by molar-refractivity contribution is 0.213. The molecule has 2 aromatic rings. The number of H-pyrrole nitrogens is 1. The summed E-state index contributed by atoms with van der Waals surface area (Å²) in [4.78, 5) is 22.6. The Hall–Kier alpha value is -2.11. The zero-order chi connectivity index (χ0) is 17.4. The quantitative estimate of drug-likeness (QED) is 0.928. The largest absolute Gasteiger partial charge is 0.373 e. The third-order valence-electron chi connectivity index (χ3n) is 5.75. The number of aromatic amines is 1. The molecule has 4 rings (SSSR count). The first-order valence-corrected chi connectivity index (χ1v) is 9.48. The van der Waals surface area contributed by atoms with Gasteiger partial charge in [0, 0.05) is 25.2 Å². The van der Waals surface area contributed by atoms with Gasteiger partial charge in [-0.3, -0.25) is 4.79 Å². The van der Waals surface area contributed by atoms with E-state index >= 15 is 0 Å². The summed E-state index contributed by atoms with van der Waals surface area (Å²) in [7, 11) is 0. The van der Waals surface area contributed by atoms with Gasteiger partial charge in [-0.1, -0.05) is 32.3 Å². The molecule has 6 nitrogen and oxygen atoms in total. The topological polar surface area (TPSA) is 66.8 Å². The molecule has 1 unspecified atom stereocenters. The average Bonchev–Trinajstić information content (AvgIpc) is 3.25. The van der Waals surface area contributed by atoms with Crippen LogP contribution in [0.4, 0.5) is 0 Å². The Bertz CT molecular complexity index is 830. The molecule has 0 bridgehead atoms. The molecule has 3 heterocycles. The monoisotopic (exact) mass is 341 g/mol. The van der Waals surface area contributed by atoms with Crippen LogP contribution < -0.4 is 5.56 Å². The maximum absolute atomic E-state index is 12.5. The molecule has 0 aromatic carbocycles. The third kappa shape index (κ3) is 3.22. The highest BCUT2D eigenvalue weighted by Gasteiger charge is 2.25. The van der Waals surface area contributed by atoms with E-state index in [2.05, 4.69) is 21.6 Å². The number of nitrogens with zero attached hydrogens (tertiary/aromatic N) is 4. The molecule has 0 radical (unpaired) electrons. The highest BCUT2D eigenvalue weighted by atomic mass is 16.1. The molecule has 1 atom stereocenters.